The molecule has 0 atom stereocenters. The predicted octanol–water partition coefficient (Wildman–Crippen LogP) is 1.91. The highest BCUT2D eigenvalue weighted by Gasteiger charge is 1.99. The Labute approximate surface area is 81.9 Å². The van der Waals surface area contributed by atoms with Crippen molar-refractivity contribution in [2.75, 3.05) is 0 Å². The molecule has 2 N–H and O–H groups in total. The summed E-state index contributed by atoms with van der Waals surface area (Å²) in [6.07, 6.45) is 1.74. The van der Waals surface area contributed by atoms with E-state index >= 15 is 0 Å². The SMILES string of the molecule is Cl.NOc1cccc2ncccc12. The molecule has 0 aliphatic rings. The Morgan fingerprint density at radius 3 is 2.77 bits per heavy atom. The van der Waals surface area contributed by atoms with Crippen molar-refractivity contribution in [1.82, 2.24) is 4.98 Å². The first-order valence-electron chi connectivity index (χ1n) is 3.62. The first kappa shape index (κ1) is 9.77. The van der Waals surface area contributed by atoms with E-state index in [4.69, 9.17) is 5.90 Å². The highest BCUT2D eigenvalue weighted by molar-refractivity contribution is 5.85. The number of nitrogens with two attached hydrogens (primary N) is 1. The minimum absolute atomic E-state index is 0. The summed E-state index contributed by atoms with van der Waals surface area (Å²) in [7, 11) is 0. The van der Waals surface area contributed by atoms with Gasteiger partial charge in [0.25, 0.3) is 0 Å². The molecule has 0 saturated heterocycles. The van der Waals surface area contributed by atoms with E-state index in [1.807, 2.05) is 30.3 Å². The van der Waals surface area contributed by atoms with Crippen molar-refractivity contribution in [3.05, 3.63) is 36.5 Å². The standard InChI is InChI=1S/C9H8N2O.ClH/c10-12-9-5-1-4-8-7(9)3-2-6-11-8;/h1-6H,10H2;1H. The van der Waals surface area contributed by atoms with Crippen LogP contribution in [0.15, 0.2) is 36.5 Å². The molecule has 0 aliphatic carbocycles. The molecule has 2 aromatic rings. The zero-order chi connectivity index (χ0) is 8.39. The zero-order valence-corrected chi connectivity index (χ0v) is 7.62. The van der Waals surface area contributed by atoms with Crippen molar-refractivity contribution < 1.29 is 4.84 Å². The largest absolute Gasteiger partial charge is 0.411 e. The van der Waals surface area contributed by atoms with E-state index in [9.17, 15) is 0 Å². The van der Waals surface area contributed by atoms with Crippen molar-refractivity contribution in [3.8, 4) is 5.75 Å². The Morgan fingerprint density at radius 2 is 2.00 bits per heavy atom. The number of rotatable bonds is 1. The number of pyridine rings is 1. The fourth-order valence-electron chi connectivity index (χ4n) is 1.18. The molecular formula is C9H9ClN2O. The molecule has 13 heavy (non-hydrogen) atoms. The van der Waals surface area contributed by atoms with Crippen LogP contribution in [0.5, 0.6) is 5.75 Å². The van der Waals surface area contributed by atoms with Gasteiger partial charge in [0.15, 0.2) is 5.75 Å². The highest BCUT2D eigenvalue weighted by atomic mass is 35.5. The molecule has 1 heterocycles. The van der Waals surface area contributed by atoms with Crippen LogP contribution in [0.3, 0.4) is 0 Å². The summed E-state index contributed by atoms with van der Waals surface area (Å²) < 4.78 is 0. The molecule has 3 nitrogen and oxygen atoms in total. The maximum atomic E-state index is 5.09. The van der Waals surface area contributed by atoms with Gasteiger partial charge in [-0.25, -0.2) is 0 Å². The van der Waals surface area contributed by atoms with Crippen molar-refractivity contribution in [2.24, 2.45) is 5.90 Å². The van der Waals surface area contributed by atoms with E-state index in [-0.39, 0.29) is 12.4 Å². The monoisotopic (exact) mass is 196 g/mol. The number of benzene rings is 1. The van der Waals surface area contributed by atoms with E-state index in [0.717, 1.165) is 10.9 Å². The average molecular weight is 197 g/mol. The van der Waals surface area contributed by atoms with Crippen LogP contribution in [0.1, 0.15) is 0 Å². The lowest BCUT2D eigenvalue weighted by Gasteiger charge is -2.01. The summed E-state index contributed by atoms with van der Waals surface area (Å²) in [5.41, 5.74) is 0.889. The minimum Gasteiger partial charge on any atom is -0.411 e. The van der Waals surface area contributed by atoms with Gasteiger partial charge in [0.1, 0.15) is 0 Å². The van der Waals surface area contributed by atoms with Gasteiger partial charge in [-0.2, -0.15) is 5.90 Å². The summed E-state index contributed by atoms with van der Waals surface area (Å²) in [5.74, 6) is 5.74. The number of halogens is 1. The molecule has 1 aromatic carbocycles. The Bertz CT molecular complexity index is 400. The number of aromatic nitrogens is 1. The van der Waals surface area contributed by atoms with Gasteiger partial charge >= 0.3 is 0 Å². The molecule has 0 spiro atoms. The second-order valence-corrected chi connectivity index (χ2v) is 2.44. The van der Waals surface area contributed by atoms with Gasteiger partial charge in [0.05, 0.1) is 5.52 Å². The highest BCUT2D eigenvalue weighted by Crippen LogP contribution is 2.21. The van der Waals surface area contributed by atoms with Crippen LogP contribution < -0.4 is 10.7 Å². The molecule has 0 fully saturated rings. The zero-order valence-electron chi connectivity index (χ0n) is 6.81. The van der Waals surface area contributed by atoms with Gasteiger partial charge in [-0.05, 0) is 24.3 Å². The number of hydrogen-bond donors (Lipinski definition) is 1. The lowest BCUT2D eigenvalue weighted by atomic mass is 10.2. The van der Waals surface area contributed by atoms with Crippen LogP contribution in [-0.2, 0) is 0 Å². The van der Waals surface area contributed by atoms with Gasteiger partial charge in [-0.1, -0.05) is 6.07 Å². The van der Waals surface area contributed by atoms with Gasteiger partial charge in [0.2, 0.25) is 0 Å². The summed E-state index contributed by atoms with van der Waals surface area (Å²) in [5, 5.41) is 0.933. The number of hydrogen-bond acceptors (Lipinski definition) is 3. The summed E-state index contributed by atoms with van der Waals surface area (Å²) >= 11 is 0. The number of nitrogens with zero attached hydrogens (tertiary/aromatic N) is 1. The van der Waals surface area contributed by atoms with Gasteiger partial charge < -0.3 is 4.84 Å². The average Bonchev–Trinajstić information content (AvgIpc) is 2.17. The summed E-state index contributed by atoms with van der Waals surface area (Å²) in [4.78, 5) is 8.84. The summed E-state index contributed by atoms with van der Waals surface area (Å²) in [6, 6.07) is 9.36. The molecule has 68 valence electrons. The van der Waals surface area contributed by atoms with Crippen LogP contribution in [-0.4, -0.2) is 4.98 Å². The molecule has 0 radical (unpaired) electrons. The molecule has 0 amide bonds. The second kappa shape index (κ2) is 4.07. The van der Waals surface area contributed by atoms with Crippen molar-refractivity contribution in [3.63, 3.8) is 0 Å². The molecular weight excluding hydrogens is 188 g/mol. The third-order valence-electron chi connectivity index (χ3n) is 1.73. The van der Waals surface area contributed by atoms with Crippen LogP contribution in [0.2, 0.25) is 0 Å². The molecule has 4 heteroatoms. The molecule has 0 saturated carbocycles. The first-order chi connectivity index (χ1) is 5.92. The van der Waals surface area contributed by atoms with Crippen LogP contribution >= 0.6 is 12.4 Å². The fourth-order valence-corrected chi connectivity index (χ4v) is 1.18. The number of fused-ring (bicyclic) bond motifs is 1. The van der Waals surface area contributed by atoms with Crippen molar-refractivity contribution in [2.45, 2.75) is 0 Å². The molecule has 0 bridgehead atoms. The first-order valence-corrected chi connectivity index (χ1v) is 3.62. The third kappa shape index (κ3) is 1.71. The quantitative estimate of drug-likeness (QED) is 0.709. The lowest BCUT2D eigenvalue weighted by molar-refractivity contribution is 0.338. The molecule has 0 aliphatic heterocycles. The summed E-state index contributed by atoms with van der Waals surface area (Å²) in [6.45, 7) is 0. The molecule has 0 unspecified atom stereocenters. The fraction of sp³-hybridized carbons (Fsp3) is 0. The topological polar surface area (TPSA) is 48.1 Å². The Hall–Kier alpha value is -1.32. The van der Waals surface area contributed by atoms with Gasteiger partial charge in [0, 0.05) is 11.6 Å². The Morgan fingerprint density at radius 1 is 1.15 bits per heavy atom. The smallest absolute Gasteiger partial charge is 0.156 e. The van der Waals surface area contributed by atoms with E-state index in [1.165, 1.54) is 0 Å². The van der Waals surface area contributed by atoms with Crippen LogP contribution in [0, 0.1) is 0 Å². The minimum atomic E-state index is 0. The lowest BCUT2D eigenvalue weighted by Crippen LogP contribution is -2.02. The maximum Gasteiger partial charge on any atom is 0.156 e. The van der Waals surface area contributed by atoms with Gasteiger partial charge in [-0.15, -0.1) is 12.4 Å². The molecule has 1 aromatic heterocycles. The third-order valence-corrected chi connectivity index (χ3v) is 1.73. The molecule has 2 rings (SSSR count). The van der Waals surface area contributed by atoms with E-state index in [0.29, 0.717) is 5.75 Å². The van der Waals surface area contributed by atoms with Crippen LogP contribution in [0.4, 0.5) is 0 Å². The van der Waals surface area contributed by atoms with E-state index < -0.39 is 0 Å². The van der Waals surface area contributed by atoms with Gasteiger partial charge in [-0.3, -0.25) is 4.98 Å². The predicted molar refractivity (Wildman–Crippen MR) is 53.8 cm³/mol. The Balaban J connectivity index is 0.000000845. The second-order valence-electron chi connectivity index (χ2n) is 2.44. The normalized spacial score (nSPS) is 9.31. The maximum absolute atomic E-state index is 5.09. The van der Waals surface area contributed by atoms with Crippen molar-refractivity contribution >= 4 is 23.3 Å². The van der Waals surface area contributed by atoms with E-state index in [2.05, 4.69) is 9.82 Å². The van der Waals surface area contributed by atoms with Crippen LogP contribution in [0.25, 0.3) is 10.9 Å². The van der Waals surface area contributed by atoms with Crippen molar-refractivity contribution in [1.29, 1.82) is 0 Å². The Kier molecular flexibility index (Phi) is 3.06. The van der Waals surface area contributed by atoms with E-state index in [1.54, 1.807) is 6.20 Å².